The van der Waals surface area contributed by atoms with Crippen LogP contribution >= 0.6 is 0 Å². The van der Waals surface area contributed by atoms with E-state index in [0.717, 1.165) is 6.42 Å². The number of rotatable bonds is 3. The fourth-order valence-electron chi connectivity index (χ4n) is 4.15. The van der Waals surface area contributed by atoms with Crippen LogP contribution in [0.25, 0.3) is 0 Å². The third-order valence-corrected chi connectivity index (χ3v) is 5.14. The molecule has 0 radical (unpaired) electrons. The quantitative estimate of drug-likeness (QED) is 0.678. The minimum Gasteiger partial charge on any atom is -0.496 e. The Kier molecular flexibility index (Phi) is 2.85. The van der Waals surface area contributed by atoms with E-state index < -0.39 is 5.97 Å². The van der Waals surface area contributed by atoms with Gasteiger partial charge in [0.25, 0.3) is 0 Å². The number of carboxylic acids is 1. The number of allylic oxidation sites excluding steroid dienone is 2. The van der Waals surface area contributed by atoms with Crippen LogP contribution in [0.1, 0.15) is 16.8 Å². The summed E-state index contributed by atoms with van der Waals surface area (Å²) in [7, 11) is 1.36. The van der Waals surface area contributed by atoms with Gasteiger partial charge in [-0.2, -0.15) is 0 Å². The molecule has 2 fully saturated rings. The second kappa shape index (κ2) is 4.68. The first-order valence-electron chi connectivity index (χ1n) is 7.50. The summed E-state index contributed by atoms with van der Waals surface area (Å²) in [6.45, 7) is 0. The van der Waals surface area contributed by atoms with Crippen molar-refractivity contribution in [3.05, 3.63) is 35.9 Å². The highest BCUT2D eigenvalue weighted by Crippen LogP contribution is 2.53. The van der Waals surface area contributed by atoms with Gasteiger partial charge in [-0.25, -0.2) is 9.69 Å². The van der Waals surface area contributed by atoms with E-state index in [0.29, 0.717) is 5.69 Å². The zero-order chi connectivity index (χ0) is 16.3. The van der Waals surface area contributed by atoms with Crippen molar-refractivity contribution in [1.82, 2.24) is 0 Å². The Hall–Kier alpha value is -2.63. The van der Waals surface area contributed by atoms with Crippen LogP contribution < -0.4 is 9.64 Å². The average Bonchev–Trinajstić information content (AvgIpc) is 3.20. The molecule has 1 aliphatic heterocycles. The highest BCUT2D eigenvalue weighted by atomic mass is 16.5. The molecule has 1 heterocycles. The standard InChI is InChI=1S/C17H15NO5/c1-23-12-7-10(4-5-11(12)17(21)22)18-15(19)13-8-2-3-9(6-8)14(13)16(18)20/h2-5,7-9,13-14H,6H2,1H3,(H,21,22)/t8-,9+,13-,14+. The van der Waals surface area contributed by atoms with Gasteiger partial charge in [0.2, 0.25) is 11.8 Å². The Balaban J connectivity index is 1.73. The van der Waals surface area contributed by atoms with Crippen LogP contribution in [0.5, 0.6) is 5.75 Å². The zero-order valence-corrected chi connectivity index (χ0v) is 12.4. The molecule has 0 unspecified atom stereocenters. The van der Waals surface area contributed by atoms with Gasteiger partial charge >= 0.3 is 5.97 Å². The lowest BCUT2D eigenvalue weighted by atomic mass is 9.85. The van der Waals surface area contributed by atoms with Crippen LogP contribution in [0.15, 0.2) is 30.4 Å². The topological polar surface area (TPSA) is 83.9 Å². The summed E-state index contributed by atoms with van der Waals surface area (Å²) in [5.74, 6) is -1.63. The van der Waals surface area contributed by atoms with Crippen molar-refractivity contribution in [1.29, 1.82) is 0 Å². The van der Waals surface area contributed by atoms with Crippen LogP contribution in [0.3, 0.4) is 0 Å². The highest BCUT2D eigenvalue weighted by molar-refractivity contribution is 6.23. The maximum absolute atomic E-state index is 12.7. The van der Waals surface area contributed by atoms with Crippen molar-refractivity contribution in [2.24, 2.45) is 23.7 Å². The Morgan fingerprint density at radius 2 is 1.78 bits per heavy atom. The van der Waals surface area contributed by atoms with E-state index in [1.807, 2.05) is 12.2 Å². The van der Waals surface area contributed by atoms with Crippen molar-refractivity contribution < 1.29 is 24.2 Å². The van der Waals surface area contributed by atoms with E-state index in [1.54, 1.807) is 0 Å². The summed E-state index contributed by atoms with van der Waals surface area (Å²) >= 11 is 0. The lowest BCUT2D eigenvalue weighted by Crippen LogP contribution is -2.32. The molecular formula is C17H15NO5. The number of anilines is 1. The smallest absolute Gasteiger partial charge is 0.339 e. The van der Waals surface area contributed by atoms with Crippen LogP contribution in [-0.4, -0.2) is 30.0 Å². The minimum atomic E-state index is -1.12. The fourth-order valence-corrected chi connectivity index (χ4v) is 4.15. The second-order valence-electron chi connectivity index (χ2n) is 6.20. The van der Waals surface area contributed by atoms with Crippen LogP contribution in [0, 0.1) is 23.7 Å². The van der Waals surface area contributed by atoms with E-state index in [1.165, 1.54) is 30.2 Å². The number of imide groups is 1. The van der Waals surface area contributed by atoms with Crippen molar-refractivity contribution in [3.63, 3.8) is 0 Å². The molecule has 2 aliphatic carbocycles. The van der Waals surface area contributed by atoms with Gasteiger partial charge in [0.1, 0.15) is 11.3 Å². The third-order valence-electron chi connectivity index (χ3n) is 5.14. The third kappa shape index (κ3) is 1.78. The molecule has 4 rings (SSSR count). The predicted molar refractivity (Wildman–Crippen MR) is 80.2 cm³/mol. The molecule has 0 spiro atoms. The number of methoxy groups -OCH3 is 1. The van der Waals surface area contributed by atoms with E-state index in [-0.39, 0.29) is 46.8 Å². The van der Waals surface area contributed by atoms with Crippen LogP contribution in [-0.2, 0) is 9.59 Å². The average molecular weight is 313 g/mol. The Labute approximate surface area is 132 Å². The molecule has 6 nitrogen and oxygen atoms in total. The maximum atomic E-state index is 12.7. The van der Waals surface area contributed by atoms with Crippen LogP contribution in [0.4, 0.5) is 5.69 Å². The van der Waals surface area contributed by atoms with Gasteiger partial charge in [0.05, 0.1) is 24.6 Å². The fraction of sp³-hybridized carbons (Fsp3) is 0.353. The largest absolute Gasteiger partial charge is 0.496 e. The molecule has 3 aliphatic rings. The van der Waals surface area contributed by atoms with E-state index in [4.69, 9.17) is 9.84 Å². The van der Waals surface area contributed by atoms with Crippen molar-refractivity contribution >= 4 is 23.5 Å². The first kappa shape index (κ1) is 14.0. The monoisotopic (exact) mass is 313 g/mol. The van der Waals surface area contributed by atoms with Gasteiger partial charge in [0, 0.05) is 6.07 Å². The van der Waals surface area contributed by atoms with Gasteiger partial charge in [-0.1, -0.05) is 12.2 Å². The van der Waals surface area contributed by atoms with Crippen molar-refractivity contribution in [3.8, 4) is 5.75 Å². The molecule has 1 N–H and O–H groups in total. The molecule has 2 amide bonds. The molecule has 2 bridgehead atoms. The number of ether oxygens (including phenoxy) is 1. The lowest BCUT2D eigenvalue weighted by Gasteiger charge is -2.18. The number of nitrogens with zero attached hydrogens (tertiary/aromatic N) is 1. The molecule has 1 aromatic rings. The minimum absolute atomic E-state index is 0.00252. The number of carboxylic acid groups (broad SMARTS) is 1. The molecule has 6 heteroatoms. The summed E-state index contributed by atoms with van der Waals surface area (Å²) in [5, 5.41) is 9.13. The van der Waals surface area contributed by atoms with Gasteiger partial charge in [-0.3, -0.25) is 9.59 Å². The zero-order valence-electron chi connectivity index (χ0n) is 12.4. The number of benzene rings is 1. The lowest BCUT2D eigenvalue weighted by molar-refractivity contribution is -0.123. The van der Waals surface area contributed by atoms with Crippen molar-refractivity contribution in [2.45, 2.75) is 6.42 Å². The van der Waals surface area contributed by atoms with Gasteiger partial charge in [-0.15, -0.1) is 0 Å². The molecule has 1 saturated heterocycles. The molecule has 1 aromatic carbocycles. The highest BCUT2D eigenvalue weighted by Gasteiger charge is 2.59. The SMILES string of the molecule is COc1cc(N2C(=O)[C@@H]3[C@H](C2=O)[C@@H]2C=C[C@H]3C2)ccc1C(=O)O. The molecule has 118 valence electrons. The summed E-state index contributed by atoms with van der Waals surface area (Å²) in [5.41, 5.74) is 0.368. The maximum Gasteiger partial charge on any atom is 0.339 e. The Morgan fingerprint density at radius 1 is 1.17 bits per heavy atom. The normalized spacial score (nSPS) is 30.9. The van der Waals surface area contributed by atoms with Crippen LogP contribution in [0.2, 0.25) is 0 Å². The first-order valence-corrected chi connectivity index (χ1v) is 7.50. The van der Waals surface area contributed by atoms with E-state index in [2.05, 4.69) is 0 Å². The number of aromatic carboxylic acids is 1. The molecule has 1 saturated carbocycles. The molecule has 4 atom stereocenters. The summed E-state index contributed by atoms with van der Waals surface area (Å²) in [6, 6.07) is 4.28. The number of carbonyl (C=O) groups excluding carboxylic acids is 2. The molecular weight excluding hydrogens is 298 g/mol. The number of hydrogen-bond acceptors (Lipinski definition) is 4. The summed E-state index contributed by atoms with van der Waals surface area (Å²) in [4.78, 5) is 37.8. The predicted octanol–water partition coefficient (Wildman–Crippen LogP) is 1.70. The summed E-state index contributed by atoms with van der Waals surface area (Å²) in [6.07, 6.45) is 4.95. The van der Waals surface area contributed by atoms with Gasteiger partial charge in [0.15, 0.2) is 0 Å². The molecule has 0 aromatic heterocycles. The number of fused-ring (bicyclic) bond motifs is 5. The second-order valence-corrected chi connectivity index (χ2v) is 6.20. The Morgan fingerprint density at radius 3 is 2.30 bits per heavy atom. The first-order chi connectivity index (χ1) is 11.0. The number of carbonyl (C=O) groups is 3. The van der Waals surface area contributed by atoms with Gasteiger partial charge in [-0.05, 0) is 30.4 Å². The van der Waals surface area contributed by atoms with E-state index in [9.17, 15) is 14.4 Å². The van der Waals surface area contributed by atoms with Crippen molar-refractivity contribution in [2.75, 3.05) is 12.0 Å². The van der Waals surface area contributed by atoms with Gasteiger partial charge < -0.3 is 9.84 Å². The Bertz CT molecular complexity index is 738. The number of amides is 2. The number of hydrogen-bond donors (Lipinski definition) is 1. The molecule has 23 heavy (non-hydrogen) atoms. The van der Waals surface area contributed by atoms with E-state index >= 15 is 0 Å². The summed E-state index contributed by atoms with van der Waals surface area (Å²) < 4.78 is 5.08.